The minimum atomic E-state index is 0.349. The van der Waals surface area contributed by atoms with Crippen LogP contribution >= 0.6 is 0 Å². The van der Waals surface area contributed by atoms with Gasteiger partial charge in [-0.05, 0) is 58.3 Å². The lowest BCUT2D eigenvalue weighted by molar-refractivity contribution is 0.0881. The van der Waals surface area contributed by atoms with Crippen molar-refractivity contribution in [3.63, 3.8) is 0 Å². The van der Waals surface area contributed by atoms with Crippen molar-refractivity contribution in [1.29, 1.82) is 0 Å². The van der Waals surface area contributed by atoms with Crippen molar-refractivity contribution in [1.82, 2.24) is 9.88 Å². The Morgan fingerprint density at radius 1 is 1.14 bits per heavy atom. The molecular formula is C23H35N3O3. The molecule has 0 amide bonds. The van der Waals surface area contributed by atoms with Crippen molar-refractivity contribution >= 4 is 16.6 Å². The summed E-state index contributed by atoms with van der Waals surface area (Å²) in [6.45, 7) is 9.25. The number of nitrogens with zero attached hydrogens (tertiary/aromatic N) is 2. The van der Waals surface area contributed by atoms with Crippen molar-refractivity contribution in [2.75, 3.05) is 52.9 Å². The van der Waals surface area contributed by atoms with Gasteiger partial charge in [0.05, 0.1) is 25.8 Å². The Balaban J connectivity index is 1.84. The number of hydrogen-bond acceptors (Lipinski definition) is 6. The van der Waals surface area contributed by atoms with Gasteiger partial charge < -0.3 is 24.4 Å². The standard InChI is InChI=1S/C23H35N3O3/c1-15(2)24-23-17-11-16(3)12-19(17)25-20-14-22(21(27-6)13-18(20)23)29-10-9-28-8-7-26(4)5/h13-16H,7-12H2,1-6H3,(H,24,25). The third-order valence-electron chi connectivity index (χ3n) is 5.15. The molecule has 0 radical (unpaired) electrons. The Kier molecular flexibility index (Phi) is 7.19. The van der Waals surface area contributed by atoms with Crippen LogP contribution < -0.4 is 14.8 Å². The number of aromatic nitrogens is 1. The van der Waals surface area contributed by atoms with E-state index in [1.807, 2.05) is 20.2 Å². The fourth-order valence-electron chi connectivity index (χ4n) is 3.79. The van der Waals surface area contributed by atoms with Crippen molar-refractivity contribution in [2.24, 2.45) is 5.92 Å². The maximum Gasteiger partial charge on any atom is 0.163 e. The zero-order valence-electron chi connectivity index (χ0n) is 18.7. The number of hydrogen-bond donors (Lipinski definition) is 1. The Labute approximate surface area is 174 Å². The van der Waals surface area contributed by atoms with Crippen LogP contribution in [0.5, 0.6) is 11.5 Å². The maximum atomic E-state index is 5.98. The second-order valence-electron chi connectivity index (χ2n) is 8.51. The van der Waals surface area contributed by atoms with Gasteiger partial charge in [0.1, 0.15) is 6.61 Å². The van der Waals surface area contributed by atoms with Crippen LogP contribution in [0.2, 0.25) is 0 Å². The van der Waals surface area contributed by atoms with Gasteiger partial charge in [-0.25, -0.2) is 0 Å². The largest absolute Gasteiger partial charge is 0.493 e. The molecule has 0 saturated heterocycles. The second-order valence-corrected chi connectivity index (χ2v) is 8.51. The first-order valence-electron chi connectivity index (χ1n) is 10.5. The number of benzene rings is 1. The van der Waals surface area contributed by atoms with Gasteiger partial charge >= 0.3 is 0 Å². The molecule has 1 aliphatic carbocycles. The van der Waals surface area contributed by atoms with E-state index >= 15 is 0 Å². The Hall–Kier alpha value is -2.05. The predicted molar refractivity (Wildman–Crippen MR) is 118 cm³/mol. The fourth-order valence-corrected chi connectivity index (χ4v) is 3.79. The quantitative estimate of drug-likeness (QED) is 0.612. The minimum Gasteiger partial charge on any atom is -0.493 e. The zero-order valence-corrected chi connectivity index (χ0v) is 18.7. The molecule has 1 atom stereocenters. The van der Waals surface area contributed by atoms with Gasteiger partial charge in [-0.2, -0.15) is 0 Å². The number of nitrogens with one attached hydrogen (secondary N) is 1. The SMILES string of the molecule is COc1cc2c(NC(C)C)c3c(nc2cc1OCCOCCN(C)C)CC(C)C3. The van der Waals surface area contributed by atoms with E-state index in [9.17, 15) is 0 Å². The minimum absolute atomic E-state index is 0.349. The predicted octanol–water partition coefficient (Wildman–Crippen LogP) is 3.76. The summed E-state index contributed by atoms with van der Waals surface area (Å²) >= 11 is 0. The topological polar surface area (TPSA) is 55.9 Å². The lowest BCUT2D eigenvalue weighted by Crippen LogP contribution is -2.19. The fraction of sp³-hybridized carbons (Fsp3) is 0.609. The van der Waals surface area contributed by atoms with Gasteiger partial charge in [-0.3, -0.25) is 4.98 Å². The molecule has 6 nitrogen and oxygen atoms in total. The summed E-state index contributed by atoms with van der Waals surface area (Å²) < 4.78 is 17.2. The van der Waals surface area contributed by atoms with E-state index in [2.05, 4.69) is 37.1 Å². The van der Waals surface area contributed by atoms with E-state index in [4.69, 9.17) is 19.2 Å². The van der Waals surface area contributed by atoms with E-state index in [-0.39, 0.29) is 0 Å². The third-order valence-corrected chi connectivity index (χ3v) is 5.15. The molecule has 2 aromatic rings. The molecule has 0 aliphatic heterocycles. The average molecular weight is 402 g/mol. The average Bonchev–Trinajstić information content (AvgIpc) is 3.03. The van der Waals surface area contributed by atoms with Crippen molar-refractivity contribution in [2.45, 2.75) is 39.7 Å². The molecule has 1 unspecified atom stereocenters. The van der Waals surface area contributed by atoms with E-state index in [1.165, 1.54) is 16.9 Å². The van der Waals surface area contributed by atoms with Gasteiger partial charge in [-0.1, -0.05) is 6.92 Å². The number of rotatable bonds is 10. The Morgan fingerprint density at radius 2 is 1.93 bits per heavy atom. The lowest BCUT2D eigenvalue weighted by atomic mass is 10.0. The van der Waals surface area contributed by atoms with Crippen LogP contribution in [0.25, 0.3) is 10.9 Å². The number of ether oxygens (including phenoxy) is 3. The highest BCUT2D eigenvalue weighted by molar-refractivity contribution is 5.96. The highest BCUT2D eigenvalue weighted by atomic mass is 16.5. The molecule has 1 N–H and O–H groups in total. The van der Waals surface area contributed by atoms with Crippen LogP contribution in [0, 0.1) is 5.92 Å². The van der Waals surface area contributed by atoms with Gasteiger partial charge in [0.2, 0.25) is 0 Å². The third kappa shape index (κ3) is 5.31. The lowest BCUT2D eigenvalue weighted by Gasteiger charge is -2.19. The first-order valence-corrected chi connectivity index (χ1v) is 10.5. The molecule has 160 valence electrons. The van der Waals surface area contributed by atoms with Gasteiger partial charge in [0.15, 0.2) is 11.5 Å². The van der Waals surface area contributed by atoms with E-state index < -0.39 is 0 Å². The second kappa shape index (κ2) is 9.63. The van der Waals surface area contributed by atoms with Crippen LogP contribution in [0.15, 0.2) is 12.1 Å². The highest BCUT2D eigenvalue weighted by Crippen LogP contribution is 2.40. The molecule has 3 rings (SSSR count). The molecule has 0 fully saturated rings. The number of fused-ring (bicyclic) bond motifs is 2. The van der Waals surface area contributed by atoms with E-state index in [0.717, 1.165) is 36.0 Å². The first-order chi connectivity index (χ1) is 13.9. The van der Waals surface area contributed by atoms with Crippen molar-refractivity contribution in [3.05, 3.63) is 23.4 Å². The summed E-state index contributed by atoms with van der Waals surface area (Å²) in [6.07, 6.45) is 2.10. The summed E-state index contributed by atoms with van der Waals surface area (Å²) in [5.41, 5.74) is 4.70. The van der Waals surface area contributed by atoms with Crippen LogP contribution in [-0.2, 0) is 17.6 Å². The Bertz CT molecular complexity index is 836. The zero-order chi connectivity index (χ0) is 21.0. The summed E-state index contributed by atoms with van der Waals surface area (Å²) in [7, 11) is 5.75. The molecule has 1 aromatic heterocycles. The molecule has 1 heterocycles. The van der Waals surface area contributed by atoms with Gasteiger partial charge in [0, 0.05) is 35.4 Å². The normalized spacial score (nSPS) is 15.9. The first kappa shape index (κ1) is 21.7. The van der Waals surface area contributed by atoms with Gasteiger partial charge in [-0.15, -0.1) is 0 Å². The summed E-state index contributed by atoms with van der Waals surface area (Å²) in [4.78, 5) is 7.07. The number of likely N-dealkylation sites (N-methyl/N-ethyl adjacent to an activating group) is 1. The van der Waals surface area contributed by atoms with Crippen LogP contribution in [0.1, 0.15) is 32.0 Å². The van der Waals surface area contributed by atoms with Crippen LogP contribution in [-0.4, -0.2) is 63.5 Å². The molecule has 1 aliphatic rings. The van der Waals surface area contributed by atoms with Crippen LogP contribution in [0.3, 0.4) is 0 Å². The van der Waals surface area contributed by atoms with E-state index in [1.54, 1.807) is 7.11 Å². The molecule has 29 heavy (non-hydrogen) atoms. The van der Waals surface area contributed by atoms with Gasteiger partial charge in [0.25, 0.3) is 0 Å². The summed E-state index contributed by atoms with van der Waals surface area (Å²) in [5, 5.41) is 4.75. The molecule has 0 saturated carbocycles. The van der Waals surface area contributed by atoms with Crippen LogP contribution in [0.4, 0.5) is 5.69 Å². The van der Waals surface area contributed by atoms with Crippen molar-refractivity contribution in [3.8, 4) is 11.5 Å². The molecule has 0 spiro atoms. The molecule has 1 aromatic carbocycles. The monoisotopic (exact) mass is 401 g/mol. The maximum absolute atomic E-state index is 5.98. The smallest absolute Gasteiger partial charge is 0.163 e. The van der Waals surface area contributed by atoms with Crippen molar-refractivity contribution < 1.29 is 14.2 Å². The Morgan fingerprint density at radius 3 is 2.62 bits per heavy atom. The molecular weight excluding hydrogens is 366 g/mol. The molecule has 0 bridgehead atoms. The number of anilines is 1. The number of pyridine rings is 1. The molecule has 6 heteroatoms. The van der Waals surface area contributed by atoms with E-state index in [0.29, 0.717) is 37.5 Å². The highest BCUT2D eigenvalue weighted by Gasteiger charge is 2.25. The summed E-state index contributed by atoms with van der Waals surface area (Å²) in [6, 6.07) is 4.41. The number of methoxy groups -OCH3 is 1. The summed E-state index contributed by atoms with van der Waals surface area (Å²) in [5.74, 6) is 2.06.